The molecule has 35 heavy (non-hydrogen) atoms. The summed E-state index contributed by atoms with van der Waals surface area (Å²) >= 11 is 6.04. The van der Waals surface area contributed by atoms with E-state index in [-0.39, 0.29) is 24.8 Å². The summed E-state index contributed by atoms with van der Waals surface area (Å²) < 4.78 is 0. The maximum Gasteiger partial charge on any atom is 0.326 e. The van der Waals surface area contributed by atoms with E-state index < -0.39 is 17.9 Å². The molecule has 5 N–H and O–H groups in total. The van der Waals surface area contributed by atoms with Gasteiger partial charge in [-0.25, -0.2) is 4.79 Å². The molecule has 3 aromatic rings. The number of carboxylic acid groups (broad SMARTS) is 1. The smallest absolute Gasteiger partial charge is 0.326 e. The number of nitrogens with two attached hydrogens (primary N) is 1. The van der Waals surface area contributed by atoms with E-state index in [1.54, 1.807) is 24.3 Å². The molecule has 0 spiro atoms. The fourth-order valence-electron chi connectivity index (χ4n) is 3.99. The Balaban J connectivity index is 2.00. The van der Waals surface area contributed by atoms with Crippen molar-refractivity contribution in [3.8, 4) is 0 Å². The summed E-state index contributed by atoms with van der Waals surface area (Å²) in [4.78, 5) is 28.0. The lowest BCUT2D eigenvalue weighted by Crippen LogP contribution is -2.47. The summed E-state index contributed by atoms with van der Waals surface area (Å²) in [6.07, 6.45) is 0.619. The summed E-state index contributed by atoms with van der Waals surface area (Å²) in [7, 11) is 0. The first-order chi connectivity index (χ1) is 16.9. The molecule has 0 unspecified atom stereocenters. The second kappa shape index (κ2) is 12.6. The van der Waals surface area contributed by atoms with Crippen molar-refractivity contribution in [3.05, 3.63) is 107 Å². The molecule has 0 aliphatic heterocycles. The molecule has 0 fully saturated rings. The summed E-state index contributed by atoms with van der Waals surface area (Å²) in [6, 6.07) is 24.7. The first kappa shape index (κ1) is 25.8. The molecule has 0 bridgehead atoms. The van der Waals surface area contributed by atoms with Gasteiger partial charge in [-0.05, 0) is 41.7 Å². The van der Waals surface area contributed by atoms with E-state index in [1.165, 1.54) is 4.90 Å². The van der Waals surface area contributed by atoms with Gasteiger partial charge >= 0.3 is 5.97 Å². The van der Waals surface area contributed by atoms with Crippen LogP contribution in [-0.4, -0.2) is 40.4 Å². The molecule has 1 atom stereocenters. The third kappa shape index (κ3) is 7.32. The number of aliphatic carboxylic acids is 1. The van der Waals surface area contributed by atoms with Gasteiger partial charge in [0.15, 0.2) is 5.96 Å². The van der Waals surface area contributed by atoms with Gasteiger partial charge in [0.2, 0.25) is 5.91 Å². The minimum atomic E-state index is -1.09. The minimum Gasteiger partial charge on any atom is -0.480 e. The number of nitrogens with zero attached hydrogens (tertiary/aromatic N) is 1. The van der Waals surface area contributed by atoms with Crippen LogP contribution < -0.4 is 11.1 Å². The second-order valence-electron chi connectivity index (χ2n) is 8.18. The van der Waals surface area contributed by atoms with Crippen molar-refractivity contribution in [3.63, 3.8) is 0 Å². The molecule has 182 valence electrons. The predicted octanol–water partition coefficient (Wildman–Crippen LogP) is 4.22. The molecule has 0 saturated carbocycles. The largest absolute Gasteiger partial charge is 0.480 e. The molecule has 8 heteroatoms. The Labute approximate surface area is 210 Å². The van der Waals surface area contributed by atoms with Crippen molar-refractivity contribution in [2.75, 3.05) is 6.54 Å². The van der Waals surface area contributed by atoms with Gasteiger partial charge < -0.3 is 21.1 Å². The Morgan fingerprint density at radius 1 is 0.943 bits per heavy atom. The third-order valence-corrected chi connectivity index (χ3v) is 5.95. The van der Waals surface area contributed by atoms with E-state index >= 15 is 0 Å². The maximum absolute atomic E-state index is 14.2. The first-order valence-electron chi connectivity index (χ1n) is 11.3. The van der Waals surface area contributed by atoms with Gasteiger partial charge in [-0.3, -0.25) is 10.2 Å². The van der Waals surface area contributed by atoms with Crippen molar-refractivity contribution in [1.29, 1.82) is 5.41 Å². The Bertz CT molecular complexity index is 1080. The van der Waals surface area contributed by atoms with Crippen LogP contribution in [0.5, 0.6) is 0 Å². The number of rotatable bonds is 11. The Hall–Kier alpha value is -3.84. The van der Waals surface area contributed by atoms with E-state index in [1.807, 2.05) is 60.7 Å². The van der Waals surface area contributed by atoms with Crippen LogP contribution in [0.3, 0.4) is 0 Å². The fourth-order valence-corrected chi connectivity index (χ4v) is 4.12. The number of benzene rings is 3. The van der Waals surface area contributed by atoms with Gasteiger partial charge in [-0.1, -0.05) is 84.4 Å². The standard InChI is InChI=1S/C27H29ClN4O3/c28-22-15-13-19(14-16-22)18-32(23(26(34)35)12-7-17-31-27(29)30)25(33)24(20-8-3-1-4-9-20)21-10-5-2-6-11-21/h1-6,8-11,13-16,23-24H,7,12,17-18H2,(H,34,35)(H4,29,30,31)/t23-/m1/s1. The number of carboxylic acids is 1. The van der Waals surface area contributed by atoms with Crippen molar-refractivity contribution in [2.24, 2.45) is 5.73 Å². The van der Waals surface area contributed by atoms with Crippen LogP contribution in [0.2, 0.25) is 5.02 Å². The topological polar surface area (TPSA) is 120 Å². The van der Waals surface area contributed by atoms with Crippen LogP contribution in [0, 0.1) is 5.41 Å². The summed E-state index contributed by atoms with van der Waals surface area (Å²) in [6.45, 7) is 0.451. The second-order valence-corrected chi connectivity index (χ2v) is 8.62. The minimum absolute atomic E-state index is 0.114. The molecule has 0 aliphatic rings. The molecule has 7 nitrogen and oxygen atoms in total. The monoisotopic (exact) mass is 492 g/mol. The molecular formula is C27H29ClN4O3. The normalized spacial score (nSPS) is 11.6. The SMILES string of the molecule is N=C(N)NCCC[C@H](C(=O)O)N(Cc1ccc(Cl)cc1)C(=O)C(c1ccccc1)c1ccccc1. The molecule has 3 rings (SSSR count). The Morgan fingerprint density at radius 2 is 1.49 bits per heavy atom. The van der Waals surface area contributed by atoms with Gasteiger partial charge in [0.1, 0.15) is 6.04 Å². The molecule has 0 aliphatic carbocycles. The van der Waals surface area contributed by atoms with Crippen molar-refractivity contribution < 1.29 is 14.7 Å². The van der Waals surface area contributed by atoms with Crippen LogP contribution >= 0.6 is 11.6 Å². The molecular weight excluding hydrogens is 464 g/mol. The van der Waals surface area contributed by atoms with E-state index in [0.717, 1.165) is 16.7 Å². The van der Waals surface area contributed by atoms with Crippen molar-refractivity contribution in [2.45, 2.75) is 31.3 Å². The highest BCUT2D eigenvalue weighted by molar-refractivity contribution is 6.30. The highest BCUT2D eigenvalue weighted by Gasteiger charge is 2.35. The quantitative estimate of drug-likeness (QED) is 0.181. The van der Waals surface area contributed by atoms with Gasteiger partial charge in [0, 0.05) is 18.1 Å². The Morgan fingerprint density at radius 3 is 1.97 bits per heavy atom. The maximum atomic E-state index is 14.2. The average molecular weight is 493 g/mol. The van der Waals surface area contributed by atoms with Crippen LogP contribution in [0.25, 0.3) is 0 Å². The van der Waals surface area contributed by atoms with Crippen LogP contribution in [0.4, 0.5) is 0 Å². The number of carbonyl (C=O) groups is 2. The van der Waals surface area contributed by atoms with Crippen LogP contribution in [0.15, 0.2) is 84.9 Å². The van der Waals surface area contributed by atoms with E-state index in [4.69, 9.17) is 22.7 Å². The highest BCUT2D eigenvalue weighted by Crippen LogP contribution is 2.29. The van der Waals surface area contributed by atoms with Gasteiger partial charge in [-0.2, -0.15) is 0 Å². The molecule has 0 radical (unpaired) electrons. The zero-order chi connectivity index (χ0) is 25.2. The number of nitrogens with one attached hydrogen (secondary N) is 2. The number of carbonyl (C=O) groups excluding carboxylic acids is 1. The van der Waals surface area contributed by atoms with Crippen molar-refractivity contribution >= 4 is 29.4 Å². The predicted molar refractivity (Wildman–Crippen MR) is 137 cm³/mol. The van der Waals surface area contributed by atoms with E-state index in [2.05, 4.69) is 5.32 Å². The number of halogens is 1. The average Bonchev–Trinajstić information content (AvgIpc) is 2.85. The first-order valence-corrected chi connectivity index (χ1v) is 11.7. The summed E-state index contributed by atoms with van der Waals surface area (Å²) in [5, 5.41) is 20.7. The molecule has 0 aromatic heterocycles. The molecule has 1 amide bonds. The number of guanidine groups is 1. The lowest BCUT2D eigenvalue weighted by atomic mass is 9.89. The number of amides is 1. The fraction of sp³-hybridized carbons (Fsp3) is 0.222. The number of hydrogen-bond acceptors (Lipinski definition) is 3. The van der Waals surface area contributed by atoms with E-state index in [0.29, 0.717) is 18.0 Å². The lowest BCUT2D eigenvalue weighted by molar-refractivity contribution is -0.151. The third-order valence-electron chi connectivity index (χ3n) is 5.69. The lowest BCUT2D eigenvalue weighted by Gasteiger charge is -2.33. The van der Waals surface area contributed by atoms with Crippen molar-refractivity contribution in [1.82, 2.24) is 10.2 Å². The molecule has 0 saturated heterocycles. The van der Waals surface area contributed by atoms with Crippen LogP contribution in [-0.2, 0) is 16.1 Å². The van der Waals surface area contributed by atoms with Gasteiger partial charge in [0.05, 0.1) is 5.92 Å². The van der Waals surface area contributed by atoms with E-state index in [9.17, 15) is 14.7 Å². The number of hydrogen-bond donors (Lipinski definition) is 4. The zero-order valence-corrected chi connectivity index (χ0v) is 20.0. The van der Waals surface area contributed by atoms with Gasteiger partial charge in [0.25, 0.3) is 0 Å². The van der Waals surface area contributed by atoms with Crippen LogP contribution in [0.1, 0.15) is 35.4 Å². The van der Waals surface area contributed by atoms with Gasteiger partial charge in [-0.15, -0.1) is 0 Å². The summed E-state index contributed by atoms with van der Waals surface area (Å²) in [5.41, 5.74) is 7.68. The molecule has 3 aromatic carbocycles. The zero-order valence-electron chi connectivity index (χ0n) is 19.2. The summed E-state index contributed by atoms with van der Waals surface area (Å²) in [5.74, 6) is -2.24. The molecule has 0 heterocycles. The highest BCUT2D eigenvalue weighted by atomic mass is 35.5. The Kier molecular flexibility index (Phi) is 9.26.